The quantitative estimate of drug-likeness (QED) is 0.683. The van der Waals surface area contributed by atoms with Gasteiger partial charge in [-0.1, -0.05) is 54.1 Å². The van der Waals surface area contributed by atoms with Crippen LogP contribution < -0.4 is 5.32 Å². The Morgan fingerprint density at radius 1 is 1.24 bits per heavy atom. The lowest BCUT2D eigenvalue weighted by molar-refractivity contribution is -0.115. The topological polar surface area (TPSA) is 41.5 Å². The molecule has 2 aromatic carbocycles. The van der Waals surface area contributed by atoms with Gasteiger partial charge in [0, 0.05) is 0 Å². The number of nitrogens with one attached hydrogen (secondary N) is 1. The summed E-state index contributed by atoms with van der Waals surface area (Å²) in [6, 6.07) is 14.2. The number of amides is 1. The van der Waals surface area contributed by atoms with Crippen molar-refractivity contribution in [1.29, 1.82) is 0 Å². The van der Waals surface area contributed by atoms with Gasteiger partial charge >= 0.3 is 0 Å². The molecule has 1 heterocycles. The average Bonchev–Trinajstić information content (AvgIpc) is 2.85. The Kier molecular flexibility index (Phi) is 3.76. The highest BCUT2D eigenvalue weighted by molar-refractivity contribution is 8.14. The molecule has 0 saturated heterocycles. The second kappa shape index (κ2) is 5.86. The predicted octanol–water partition coefficient (Wildman–Crippen LogP) is 3.03. The number of aliphatic imine (C=N–C) groups is 1. The van der Waals surface area contributed by atoms with E-state index in [1.165, 1.54) is 17.1 Å². The van der Waals surface area contributed by atoms with Crippen molar-refractivity contribution in [3.05, 3.63) is 53.7 Å². The SMILES string of the molecule is C#CCSC1=N/C(=C/c2ccc3ccccc3c2)C(=O)N1. The molecular formula is C17H12N2OS. The summed E-state index contributed by atoms with van der Waals surface area (Å²) < 4.78 is 0. The maximum Gasteiger partial charge on any atom is 0.275 e. The molecule has 4 heteroatoms. The molecule has 0 spiro atoms. The number of amidine groups is 1. The second-order valence-corrected chi connectivity index (χ2v) is 5.46. The Morgan fingerprint density at radius 3 is 2.86 bits per heavy atom. The largest absolute Gasteiger partial charge is 0.300 e. The van der Waals surface area contributed by atoms with E-state index < -0.39 is 0 Å². The molecule has 102 valence electrons. The monoisotopic (exact) mass is 292 g/mol. The number of thioether (sulfide) groups is 1. The van der Waals surface area contributed by atoms with Gasteiger partial charge in [-0.2, -0.15) is 0 Å². The lowest BCUT2D eigenvalue weighted by atomic mass is 10.1. The van der Waals surface area contributed by atoms with E-state index in [0.717, 1.165) is 10.9 Å². The number of terminal acetylenes is 1. The van der Waals surface area contributed by atoms with E-state index in [9.17, 15) is 4.79 Å². The molecule has 0 atom stereocenters. The van der Waals surface area contributed by atoms with Crippen molar-refractivity contribution in [3.63, 3.8) is 0 Å². The number of rotatable bonds is 2. The van der Waals surface area contributed by atoms with Gasteiger partial charge in [0.05, 0.1) is 5.75 Å². The fraction of sp³-hybridized carbons (Fsp3) is 0.0588. The molecule has 1 aliphatic rings. The number of hydrogen-bond acceptors (Lipinski definition) is 3. The van der Waals surface area contributed by atoms with E-state index in [2.05, 4.69) is 22.3 Å². The molecule has 1 aliphatic heterocycles. The van der Waals surface area contributed by atoms with E-state index in [0.29, 0.717) is 16.6 Å². The molecule has 21 heavy (non-hydrogen) atoms. The van der Waals surface area contributed by atoms with Gasteiger partial charge in [0.15, 0.2) is 5.17 Å². The summed E-state index contributed by atoms with van der Waals surface area (Å²) in [4.78, 5) is 16.1. The van der Waals surface area contributed by atoms with Crippen LogP contribution in [0.3, 0.4) is 0 Å². The Hall–Kier alpha value is -2.51. The number of fused-ring (bicyclic) bond motifs is 1. The molecule has 0 unspecified atom stereocenters. The zero-order valence-electron chi connectivity index (χ0n) is 11.2. The summed E-state index contributed by atoms with van der Waals surface area (Å²) in [6.45, 7) is 0. The average molecular weight is 292 g/mol. The maximum absolute atomic E-state index is 11.9. The van der Waals surface area contributed by atoms with Crippen LogP contribution >= 0.6 is 11.8 Å². The number of nitrogens with zero attached hydrogens (tertiary/aromatic N) is 1. The van der Waals surface area contributed by atoms with Crippen molar-refractivity contribution in [2.24, 2.45) is 4.99 Å². The summed E-state index contributed by atoms with van der Waals surface area (Å²) in [7, 11) is 0. The zero-order chi connectivity index (χ0) is 14.7. The summed E-state index contributed by atoms with van der Waals surface area (Å²) in [5.41, 5.74) is 1.36. The Labute approximate surface area is 127 Å². The van der Waals surface area contributed by atoms with Crippen LogP contribution in [0.2, 0.25) is 0 Å². The fourth-order valence-electron chi connectivity index (χ4n) is 2.08. The van der Waals surface area contributed by atoms with Crippen molar-refractivity contribution in [2.75, 3.05) is 5.75 Å². The summed E-state index contributed by atoms with van der Waals surface area (Å²) >= 11 is 1.35. The van der Waals surface area contributed by atoms with Crippen LogP contribution in [0.25, 0.3) is 16.8 Å². The van der Waals surface area contributed by atoms with Gasteiger partial charge in [0.25, 0.3) is 5.91 Å². The van der Waals surface area contributed by atoms with Crippen molar-refractivity contribution >= 4 is 39.7 Å². The Morgan fingerprint density at radius 2 is 2.05 bits per heavy atom. The second-order valence-electron chi connectivity index (χ2n) is 4.50. The smallest absolute Gasteiger partial charge is 0.275 e. The van der Waals surface area contributed by atoms with E-state index in [1.54, 1.807) is 6.08 Å². The van der Waals surface area contributed by atoms with Gasteiger partial charge in [-0.3, -0.25) is 10.1 Å². The van der Waals surface area contributed by atoms with Crippen LogP contribution in [0.1, 0.15) is 5.56 Å². The first-order chi connectivity index (χ1) is 10.3. The molecule has 1 N–H and O–H groups in total. The first-order valence-corrected chi connectivity index (χ1v) is 7.41. The van der Waals surface area contributed by atoms with Crippen LogP contribution in [-0.2, 0) is 4.79 Å². The number of hydrogen-bond donors (Lipinski definition) is 1. The molecule has 0 saturated carbocycles. The number of benzene rings is 2. The fourth-order valence-corrected chi connectivity index (χ4v) is 2.63. The summed E-state index contributed by atoms with van der Waals surface area (Å²) in [5.74, 6) is 2.80. The van der Waals surface area contributed by atoms with Gasteiger partial charge in [-0.25, -0.2) is 4.99 Å². The van der Waals surface area contributed by atoms with Gasteiger partial charge in [0.1, 0.15) is 5.70 Å². The van der Waals surface area contributed by atoms with E-state index in [-0.39, 0.29) is 5.91 Å². The molecule has 2 aromatic rings. The normalized spacial score (nSPS) is 15.9. The minimum atomic E-state index is -0.192. The molecule has 0 bridgehead atoms. The molecule has 0 radical (unpaired) electrons. The Bertz CT molecular complexity index is 815. The standard InChI is InChI=1S/C17H12N2OS/c1-2-9-21-17-18-15(16(20)19-17)11-12-7-8-13-5-3-4-6-14(13)10-12/h1,3-8,10-11H,9H2,(H,18,19,20)/b15-11+. The van der Waals surface area contributed by atoms with Crippen LogP contribution in [-0.4, -0.2) is 16.8 Å². The van der Waals surface area contributed by atoms with Crippen molar-refractivity contribution in [1.82, 2.24) is 5.32 Å². The van der Waals surface area contributed by atoms with E-state index in [1.807, 2.05) is 36.4 Å². The molecule has 1 amide bonds. The lowest BCUT2D eigenvalue weighted by Crippen LogP contribution is -2.21. The molecular weight excluding hydrogens is 280 g/mol. The third-order valence-corrected chi connectivity index (χ3v) is 3.82. The van der Waals surface area contributed by atoms with Crippen molar-refractivity contribution in [2.45, 2.75) is 0 Å². The minimum Gasteiger partial charge on any atom is -0.300 e. The first kappa shape index (κ1) is 13.5. The minimum absolute atomic E-state index is 0.192. The maximum atomic E-state index is 11.9. The van der Waals surface area contributed by atoms with Crippen LogP contribution in [0, 0.1) is 12.3 Å². The molecule has 3 nitrogen and oxygen atoms in total. The third-order valence-electron chi connectivity index (χ3n) is 3.04. The molecule has 0 aromatic heterocycles. The lowest BCUT2D eigenvalue weighted by Gasteiger charge is -1.99. The summed E-state index contributed by atoms with van der Waals surface area (Å²) in [5, 5.41) is 5.57. The molecule has 3 rings (SSSR count). The first-order valence-electron chi connectivity index (χ1n) is 6.43. The number of carbonyl (C=O) groups excluding carboxylic acids is 1. The van der Waals surface area contributed by atoms with Crippen LogP contribution in [0.5, 0.6) is 0 Å². The predicted molar refractivity (Wildman–Crippen MR) is 88.8 cm³/mol. The third kappa shape index (κ3) is 2.99. The van der Waals surface area contributed by atoms with Gasteiger partial charge in [-0.05, 0) is 28.5 Å². The van der Waals surface area contributed by atoms with Gasteiger partial charge in [0.2, 0.25) is 0 Å². The van der Waals surface area contributed by atoms with Crippen LogP contribution in [0.15, 0.2) is 53.2 Å². The van der Waals surface area contributed by atoms with E-state index in [4.69, 9.17) is 6.42 Å². The Balaban J connectivity index is 1.91. The number of carbonyl (C=O) groups is 1. The van der Waals surface area contributed by atoms with Gasteiger partial charge in [-0.15, -0.1) is 6.42 Å². The highest BCUT2D eigenvalue weighted by Crippen LogP contribution is 2.20. The highest BCUT2D eigenvalue weighted by Gasteiger charge is 2.19. The van der Waals surface area contributed by atoms with E-state index >= 15 is 0 Å². The highest BCUT2D eigenvalue weighted by atomic mass is 32.2. The molecule has 0 aliphatic carbocycles. The van der Waals surface area contributed by atoms with Crippen molar-refractivity contribution < 1.29 is 4.79 Å². The zero-order valence-corrected chi connectivity index (χ0v) is 12.0. The molecule has 0 fully saturated rings. The van der Waals surface area contributed by atoms with Gasteiger partial charge < -0.3 is 0 Å². The summed E-state index contributed by atoms with van der Waals surface area (Å²) in [6.07, 6.45) is 6.98. The van der Waals surface area contributed by atoms with Crippen LogP contribution in [0.4, 0.5) is 0 Å². The van der Waals surface area contributed by atoms with Crippen molar-refractivity contribution in [3.8, 4) is 12.3 Å².